The van der Waals surface area contributed by atoms with Crippen LogP contribution in [0.5, 0.6) is 5.75 Å². The van der Waals surface area contributed by atoms with E-state index in [9.17, 15) is 18.0 Å². The molecule has 7 nitrogen and oxygen atoms in total. The van der Waals surface area contributed by atoms with E-state index in [0.29, 0.717) is 0 Å². The van der Waals surface area contributed by atoms with Crippen LogP contribution in [-0.4, -0.2) is 25.5 Å². The van der Waals surface area contributed by atoms with Crippen molar-refractivity contribution in [2.24, 2.45) is 5.41 Å². The number of carbonyl (C=O) groups is 2. The summed E-state index contributed by atoms with van der Waals surface area (Å²) >= 11 is 0. The van der Waals surface area contributed by atoms with Crippen molar-refractivity contribution in [1.82, 2.24) is 0 Å². The third-order valence-corrected chi connectivity index (χ3v) is 4.74. The molecule has 138 valence electrons. The first kappa shape index (κ1) is 19.5. The van der Waals surface area contributed by atoms with Crippen molar-refractivity contribution in [3.63, 3.8) is 0 Å². The highest BCUT2D eigenvalue weighted by Gasteiger charge is 2.24. The molecule has 0 fully saturated rings. The predicted octanol–water partition coefficient (Wildman–Crippen LogP) is 3.14. The van der Waals surface area contributed by atoms with Crippen LogP contribution in [0.25, 0.3) is 0 Å². The van der Waals surface area contributed by atoms with Crippen LogP contribution < -0.4 is 9.46 Å². The van der Waals surface area contributed by atoms with Gasteiger partial charge in [0.25, 0.3) is 10.0 Å². The van der Waals surface area contributed by atoms with Gasteiger partial charge in [0.2, 0.25) is 0 Å². The van der Waals surface area contributed by atoms with Crippen LogP contribution in [0.4, 0.5) is 5.69 Å². The van der Waals surface area contributed by atoms with Crippen molar-refractivity contribution in [3.05, 3.63) is 54.1 Å². The van der Waals surface area contributed by atoms with Crippen LogP contribution in [0.15, 0.2) is 53.4 Å². The molecular weight excluding hydrogens is 358 g/mol. The number of ether oxygens (including phenoxy) is 1. The molecule has 2 N–H and O–H groups in total. The highest BCUT2D eigenvalue weighted by atomic mass is 32.2. The number of hydrogen-bond acceptors (Lipinski definition) is 5. The number of anilines is 1. The molecule has 0 aromatic heterocycles. The van der Waals surface area contributed by atoms with Gasteiger partial charge in [-0.25, -0.2) is 13.2 Å². The summed E-state index contributed by atoms with van der Waals surface area (Å²) in [5, 5.41) is 9.14. The van der Waals surface area contributed by atoms with Gasteiger partial charge >= 0.3 is 11.9 Å². The fraction of sp³-hybridized carbons (Fsp3) is 0.222. The molecule has 0 heterocycles. The van der Waals surface area contributed by atoms with Crippen LogP contribution in [0, 0.1) is 5.41 Å². The quantitative estimate of drug-likeness (QED) is 0.612. The Hall–Kier alpha value is -2.87. The first-order chi connectivity index (χ1) is 12.0. The maximum Gasteiger partial charge on any atom is 0.337 e. The van der Waals surface area contributed by atoms with E-state index in [1.54, 1.807) is 20.8 Å². The van der Waals surface area contributed by atoms with Gasteiger partial charge in [0.15, 0.2) is 0 Å². The van der Waals surface area contributed by atoms with Gasteiger partial charge < -0.3 is 9.84 Å². The fourth-order valence-corrected chi connectivity index (χ4v) is 2.99. The molecule has 0 bridgehead atoms. The molecule has 2 aromatic rings. The molecular formula is C18H19NO6S. The number of aromatic carboxylic acids is 1. The molecule has 0 aliphatic carbocycles. The first-order valence-electron chi connectivity index (χ1n) is 7.68. The van der Waals surface area contributed by atoms with Gasteiger partial charge in [-0.3, -0.25) is 9.52 Å². The van der Waals surface area contributed by atoms with Crippen LogP contribution in [0.2, 0.25) is 0 Å². The normalized spacial score (nSPS) is 11.7. The molecule has 2 aromatic carbocycles. The van der Waals surface area contributed by atoms with Crippen LogP contribution in [-0.2, 0) is 14.8 Å². The Morgan fingerprint density at radius 1 is 1.00 bits per heavy atom. The summed E-state index contributed by atoms with van der Waals surface area (Å²) in [6.45, 7) is 5.12. The summed E-state index contributed by atoms with van der Waals surface area (Å²) in [6.07, 6.45) is 0. The number of hydrogen-bond donors (Lipinski definition) is 2. The predicted molar refractivity (Wildman–Crippen MR) is 95.7 cm³/mol. The number of carboxylic acids is 1. The smallest absolute Gasteiger partial charge is 0.337 e. The zero-order chi connectivity index (χ0) is 19.5. The fourth-order valence-electron chi connectivity index (χ4n) is 1.91. The maximum absolute atomic E-state index is 12.5. The largest absolute Gasteiger partial charge is 0.478 e. The number of nitrogens with one attached hydrogen (secondary N) is 1. The monoisotopic (exact) mass is 377 g/mol. The third-order valence-electron chi connectivity index (χ3n) is 3.36. The van der Waals surface area contributed by atoms with Gasteiger partial charge in [0.1, 0.15) is 5.75 Å². The number of benzene rings is 2. The topological polar surface area (TPSA) is 110 Å². The number of para-hydroxylation sites is 1. The van der Waals surface area contributed by atoms with Crippen molar-refractivity contribution in [1.29, 1.82) is 0 Å². The van der Waals surface area contributed by atoms with Crippen LogP contribution in [0.1, 0.15) is 31.1 Å². The maximum atomic E-state index is 12.5. The molecule has 0 aliphatic rings. The molecule has 0 saturated heterocycles. The average Bonchev–Trinajstić information content (AvgIpc) is 2.54. The summed E-state index contributed by atoms with van der Waals surface area (Å²) in [5.41, 5.74) is -0.887. The van der Waals surface area contributed by atoms with E-state index in [-0.39, 0.29) is 21.9 Å². The standard InChI is InChI=1S/C18H19NO6S/c1-18(2,3)17(22)25-12-8-10-13(11-9-12)26(23,24)19-15-7-5-4-6-14(15)16(20)21/h4-11,19H,1-3H3,(H,20,21). The van der Waals surface area contributed by atoms with Gasteiger partial charge in [-0.05, 0) is 57.2 Å². The lowest BCUT2D eigenvalue weighted by molar-refractivity contribution is -0.143. The van der Waals surface area contributed by atoms with E-state index < -0.39 is 27.4 Å². The summed E-state index contributed by atoms with van der Waals surface area (Å²) in [5.74, 6) is -1.47. The van der Waals surface area contributed by atoms with Crippen molar-refractivity contribution in [3.8, 4) is 5.75 Å². The molecule has 0 radical (unpaired) electrons. The highest BCUT2D eigenvalue weighted by Crippen LogP contribution is 2.23. The van der Waals surface area contributed by atoms with Crippen molar-refractivity contribution in [2.45, 2.75) is 25.7 Å². The molecule has 0 atom stereocenters. The van der Waals surface area contributed by atoms with Gasteiger partial charge in [0.05, 0.1) is 21.6 Å². The number of carboxylic acid groups (broad SMARTS) is 1. The van der Waals surface area contributed by atoms with E-state index in [0.717, 1.165) is 0 Å². The minimum absolute atomic E-state index is 0.0387. The Morgan fingerprint density at radius 3 is 2.12 bits per heavy atom. The SMILES string of the molecule is CC(C)(C)C(=O)Oc1ccc(S(=O)(=O)Nc2ccccc2C(=O)O)cc1. The van der Waals surface area contributed by atoms with Gasteiger partial charge in [0, 0.05) is 0 Å². The van der Waals surface area contributed by atoms with Crippen molar-refractivity contribution >= 4 is 27.6 Å². The first-order valence-corrected chi connectivity index (χ1v) is 9.16. The molecule has 0 unspecified atom stereocenters. The summed E-state index contributed by atoms with van der Waals surface area (Å²) in [4.78, 5) is 22.9. The average molecular weight is 377 g/mol. The lowest BCUT2D eigenvalue weighted by Gasteiger charge is -2.16. The zero-order valence-corrected chi connectivity index (χ0v) is 15.3. The summed E-state index contributed by atoms with van der Waals surface area (Å²) in [7, 11) is -4.00. The van der Waals surface area contributed by atoms with Crippen LogP contribution in [0.3, 0.4) is 0 Å². The third kappa shape index (κ3) is 4.60. The summed E-state index contributed by atoms with van der Waals surface area (Å²) in [6, 6.07) is 11.0. The van der Waals surface area contributed by atoms with E-state index in [1.165, 1.54) is 48.5 Å². The Balaban J connectivity index is 2.23. The van der Waals surface area contributed by atoms with Crippen LogP contribution >= 0.6 is 0 Å². The summed E-state index contributed by atoms with van der Waals surface area (Å²) < 4.78 is 32.4. The number of rotatable bonds is 5. The molecule has 0 spiro atoms. The Bertz CT molecular complexity index is 927. The van der Waals surface area contributed by atoms with E-state index >= 15 is 0 Å². The molecule has 0 saturated carbocycles. The lowest BCUT2D eigenvalue weighted by atomic mass is 9.97. The number of sulfonamides is 1. The Kier molecular flexibility index (Phi) is 5.36. The van der Waals surface area contributed by atoms with Gasteiger partial charge in [-0.1, -0.05) is 12.1 Å². The minimum atomic E-state index is -4.00. The Labute approximate surface area is 151 Å². The number of carbonyl (C=O) groups excluding carboxylic acids is 1. The molecule has 26 heavy (non-hydrogen) atoms. The van der Waals surface area contributed by atoms with Crippen molar-refractivity contribution in [2.75, 3.05) is 4.72 Å². The zero-order valence-electron chi connectivity index (χ0n) is 14.5. The van der Waals surface area contributed by atoms with E-state index in [4.69, 9.17) is 9.84 Å². The second kappa shape index (κ2) is 7.17. The van der Waals surface area contributed by atoms with Gasteiger partial charge in [-0.2, -0.15) is 0 Å². The second-order valence-corrected chi connectivity index (χ2v) is 8.25. The minimum Gasteiger partial charge on any atom is -0.478 e. The lowest BCUT2D eigenvalue weighted by Crippen LogP contribution is -2.25. The van der Waals surface area contributed by atoms with E-state index in [2.05, 4.69) is 4.72 Å². The molecule has 0 amide bonds. The van der Waals surface area contributed by atoms with E-state index in [1.807, 2.05) is 0 Å². The second-order valence-electron chi connectivity index (χ2n) is 6.57. The van der Waals surface area contributed by atoms with Crippen molar-refractivity contribution < 1.29 is 27.9 Å². The van der Waals surface area contributed by atoms with Gasteiger partial charge in [-0.15, -0.1) is 0 Å². The Morgan fingerprint density at radius 2 is 1.58 bits per heavy atom. The highest BCUT2D eigenvalue weighted by molar-refractivity contribution is 7.92. The molecule has 2 rings (SSSR count). The molecule has 8 heteroatoms. The number of esters is 1. The molecule has 0 aliphatic heterocycles.